The van der Waals surface area contributed by atoms with Crippen LogP contribution >= 0.6 is 8.38 Å². The molecule has 4 heteroatoms. The van der Waals surface area contributed by atoms with Crippen LogP contribution < -0.4 is 5.30 Å². The minimum atomic E-state index is -2.13. The molecule has 0 aliphatic heterocycles. The predicted molar refractivity (Wildman–Crippen MR) is 90.7 cm³/mol. The molecule has 0 bridgehead atoms. The van der Waals surface area contributed by atoms with Crippen LogP contribution in [0.25, 0.3) is 0 Å². The lowest BCUT2D eigenvalue weighted by molar-refractivity contribution is 0.0981. The number of rotatable bonds is 5. The summed E-state index contributed by atoms with van der Waals surface area (Å²) in [7, 11) is -2.13. The van der Waals surface area contributed by atoms with E-state index in [2.05, 4.69) is 0 Å². The summed E-state index contributed by atoms with van der Waals surface area (Å²) in [5, 5.41) is 0.530. The van der Waals surface area contributed by atoms with Crippen molar-refractivity contribution in [2.45, 2.75) is 33.6 Å². The van der Waals surface area contributed by atoms with Gasteiger partial charge in [-0.05, 0) is 49.9 Å². The molecule has 0 amide bonds. The van der Waals surface area contributed by atoms with Crippen molar-refractivity contribution in [1.29, 1.82) is 0 Å². The van der Waals surface area contributed by atoms with E-state index >= 15 is 0 Å². The van der Waals surface area contributed by atoms with E-state index in [-0.39, 0.29) is 5.78 Å². The molecule has 116 valence electrons. The monoisotopic (exact) mass is 316 g/mol. The average molecular weight is 316 g/mol. The summed E-state index contributed by atoms with van der Waals surface area (Å²) in [5.74, 6) is 0.102. The molecule has 22 heavy (non-hydrogen) atoms. The molecule has 0 unspecified atom stereocenters. The third kappa shape index (κ3) is 3.80. The fraction of sp³-hybridized carbons (Fsp3) is 0.278. The maximum atomic E-state index is 12.5. The Balaban J connectivity index is 2.18. The van der Waals surface area contributed by atoms with Crippen molar-refractivity contribution in [3.05, 3.63) is 64.2 Å². The fourth-order valence-electron chi connectivity index (χ4n) is 2.91. The largest absolute Gasteiger partial charge is 0.347 e. The molecule has 0 aliphatic rings. The maximum Gasteiger partial charge on any atom is 0.199 e. The third-order valence-corrected chi connectivity index (χ3v) is 4.65. The molecule has 0 aliphatic carbocycles. The van der Waals surface area contributed by atoms with Crippen LogP contribution in [-0.4, -0.2) is 15.6 Å². The normalized spacial score (nSPS) is 11.0. The molecular formula is C18H21O3P. The van der Waals surface area contributed by atoms with Gasteiger partial charge in [-0.15, -0.1) is 0 Å². The van der Waals surface area contributed by atoms with E-state index in [1.165, 1.54) is 0 Å². The van der Waals surface area contributed by atoms with Gasteiger partial charge in [-0.25, -0.2) is 0 Å². The van der Waals surface area contributed by atoms with Crippen LogP contribution in [0.4, 0.5) is 0 Å². The molecule has 2 N–H and O–H groups in total. The zero-order valence-electron chi connectivity index (χ0n) is 13.1. The van der Waals surface area contributed by atoms with Gasteiger partial charge < -0.3 is 9.79 Å². The number of hydrogen-bond acceptors (Lipinski definition) is 3. The van der Waals surface area contributed by atoms with Crippen LogP contribution in [0.2, 0.25) is 0 Å². The molecule has 0 saturated carbocycles. The number of benzene rings is 2. The summed E-state index contributed by atoms with van der Waals surface area (Å²) in [6.07, 6.45) is 0.882. The fourth-order valence-corrected chi connectivity index (χ4v) is 3.57. The molecule has 0 saturated heterocycles. The minimum Gasteiger partial charge on any atom is -0.347 e. The van der Waals surface area contributed by atoms with Crippen LogP contribution in [0, 0.1) is 20.8 Å². The van der Waals surface area contributed by atoms with Gasteiger partial charge in [-0.2, -0.15) is 0 Å². The van der Waals surface area contributed by atoms with Crippen LogP contribution in [-0.2, 0) is 6.42 Å². The quantitative estimate of drug-likeness (QED) is 0.657. The highest BCUT2D eigenvalue weighted by atomic mass is 31.2. The Hall–Kier alpha value is -1.54. The van der Waals surface area contributed by atoms with Crippen molar-refractivity contribution >= 4 is 19.5 Å². The number of carbonyl (C=O) groups is 1. The van der Waals surface area contributed by atoms with Crippen molar-refractivity contribution < 1.29 is 14.6 Å². The first-order chi connectivity index (χ1) is 10.4. The van der Waals surface area contributed by atoms with E-state index in [4.69, 9.17) is 0 Å². The Morgan fingerprint density at radius 2 is 1.64 bits per heavy atom. The second-order valence-corrected chi connectivity index (χ2v) is 6.68. The van der Waals surface area contributed by atoms with Gasteiger partial charge in [0.1, 0.15) is 0 Å². The summed E-state index contributed by atoms with van der Waals surface area (Å²) >= 11 is 0. The van der Waals surface area contributed by atoms with E-state index in [0.29, 0.717) is 18.1 Å². The van der Waals surface area contributed by atoms with Crippen molar-refractivity contribution in [2.24, 2.45) is 0 Å². The van der Waals surface area contributed by atoms with Crippen molar-refractivity contribution in [3.63, 3.8) is 0 Å². The van der Waals surface area contributed by atoms with Crippen molar-refractivity contribution in [1.82, 2.24) is 0 Å². The van der Waals surface area contributed by atoms with Gasteiger partial charge in [-0.3, -0.25) is 4.79 Å². The van der Waals surface area contributed by atoms with Crippen LogP contribution in [0.1, 0.15) is 39.0 Å². The number of Topliss-reactive ketones (excluding diaryl/α,β-unsaturated/α-hetero) is 1. The summed E-state index contributed by atoms with van der Waals surface area (Å²) < 4.78 is 0. The Kier molecular flexibility index (Phi) is 5.47. The zero-order valence-corrected chi connectivity index (χ0v) is 14.0. The number of ketones is 1. The van der Waals surface area contributed by atoms with E-state index in [1.807, 2.05) is 45.0 Å². The van der Waals surface area contributed by atoms with E-state index in [1.54, 1.807) is 12.1 Å². The Morgan fingerprint density at radius 1 is 1.05 bits per heavy atom. The second kappa shape index (κ2) is 7.15. The third-order valence-electron chi connectivity index (χ3n) is 3.78. The van der Waals surface area contributed by atoms with Gasteiger partial charge in [0.05, 0.1) is 0 Å². The van der Waals surface area contributed by atoms with E-state index < -0.39 is 8.38 Å². The van der Waals surface area contributed by atoms with Crippen molar-refractivity contribution in [2.75, 3.05) is 0 Å². The SMILES string of the molecule is Cc1cc(C)c(C(=O)CCc2ccccc2P(O)O)c(C)c1. The first-order valence-corrected chi connectivity index (χ1v) is 8.51. The average Bonchev–Trinajstić information content (AvgIpc) is 2.44. The van der Waals surface area contributed by atoms with Gasteiger partial charge in [0, 0.05) is 17.3 Å². The summed E-state index contributed by atoms with van der Waals surface area (Å²) in [6.45, 7) is 5.94. The molecule has 0 atom stereocenters. The highest BCUT2D eigenvalue weighted by Crippen LogP contribution is 2.25. The molecule has 0 heterocycles. The highest BCUT2D eigenvalue weighted by molar-refractivity contribution is 7.54. The Labute approximate surface area is 132 Å². The Morgan fingerprint density at radius 3 is 2.23 bits per heavy atom. The molecule has 0 spiro atoms. The predicted octanol–water partition coefficient (Wildman–Crippen LogP) is 3.35. The van der Waals surface area contributed by atoms with Gasteiger partial charge in [0.15, 0.2) is 14.2 Å². The highest BCUT2D eigenvalue weighted by Gasteiger charge is 2.15. The van der Waals surface area contributed by atoms with Gasteiger partial charge >= 0.3 is 0 Å². The van der Waals surface area contributed by atoms with E-state index in [0.717, 1.165) is 27.8 Å². The molecule has 0 fully saturated rings. The second-order valence-electron chi connectivity index (χ2n) is 5.62. The first kappa shape index (κ1) is 16.8. The zero-order chi connectivity index (χ0) is 16.3. The summed E-state index contributed by atoms with van der Waals surface area (Å²) in [6, 6.07) is 11.2. The standard InChI is InChI=1S/C18H21O3P/c1-12-10-13(2)18(14(3)11-12)16(19)9-8-15-6-4-5-7-17(15)22(20)21/h4-7,10-11,20-21H,8-9H2,1-3H3. The smallest absolute Gasteiger partial charge is 0.199 e. The van der Waals surface area contributed by atoms with Crippen LogP contribution in [0.3, 0.4) is 0 Å². The van der Waals surface area contributed by atoms with Gasteiger partial charge in [0.2, 0.25) is 0 Å². The number of carbonyl (C=O) groups excluding carboxylic acids is 1. The topological polar surface area (TPSA) is 57.5 Å². The lowest BCUT2D eigenvalue weighted by Crippen LogP contribution is -2.11. The first-order valence-electron chi connectivity index (χ1n) is 7.27. The lowest BCUT2D eigenvalue weighted by Gasteiger charge is -2.12. The lowest BCUT2D eigenvalue weighted by atomic mass is 9.93. The Bertz CT molecular complexity index is 669. The molecule has 3 nitrogen and oxygen atoms in total. The number of aryl methyl sites for hydroxylation is 4. The molecular weight excluding hydrogens is 295 g/mol. The van der Waals surface area contributed by atoms with E-state index in [9.17, 15) is 14.6 Å². The summed E-state index contributed by atoms with van der Waals surface area (Å²) in [5.41, 5.74) is 4.78. The summed E-state index contributed by atoms with van der Waals surface area (Å²) in [4.78, 5) is 31.4. The molecule has 0 aromatic heterocycles. The molecule has 2 rings (SSSR count). The molecule has 2 aromatic carbocycles. The minimum absolute atomic E-state index is 0.102. The molecule has 2 aromatic rings. The van der Waals surface area contributed by atoms with Gasteiger partial charge in [-0.1, -0.05) is 35.9 Å². The molecule has 0 radical (unpaired) electrons. The maximum absolute atomic E-state index is 12.5. The number of hydrogen-bond donors (Lipinski definition) is 2. The van der Waals surface area contributed by atoms with Gasteiger partial charge in [0.25, 0.3) is 0 Å². The van der Waals surface area contributed by atoms with Crippen LogP contribution in [0.5, 0.6) is 0 Å². The van der Waals surface area contributed by atoms with Crippen LogP contribution in [0.15, 0.2) is 36.4 Å². The van der Waals surface area contributed by atoms with Crippen molar-refractivity contribution in [3.8, 4) is 0 Å².